The highest BCUT2D eigenvalue weighted by molar-refractivity contribution is 6.38. The van der Waals surface area contributed by atoms with Gasteiger partial charge in [0.05, 0.1) is 5.69 Å². The number of alkyl halides is 1. The minimum atomic E-state index is -0.709. The standard InChI is InChI=1S/C14H12ClN3O2/c15-14(7-8-14)13(20)16-10-3-1-9(2-4-10)11-5-6-12(19)18-17-11/h1-6H,7-8H2,(H,16,20)(H,18,19). The Balaban J connectivity index is 1.76. The maximum absolute atomic E-state index is 11.8. The number of H-pyrrole nitrogens is 1. The molecule has 0 unspecified atom stereocenters. The van der Waals surface area contributed by atoms with Crippen LogP contribution in [0.1, 0.15) is 12.8 Å². The van der Waals surface area contributed by atoms with Gasteiger partial charge in [-0.15, -0.1) is 11.6 Å². The molecule has 20 heavy (non-hydrogen) atoms. The Hall–Kier alpha value is -2.14. The first-order chi connectivity index (χ1) is 9.57. The number of benzene rings is 1. The van der Waals surface area contributed by atoms with E-state index in [0.717, 1.165) is 18.4 Å². The monoisotopic (exact) mass is 289 g/mol. The van der Waals surface area contributed by atoms with Gasteiger partial charge in [-0.2, -0.15) is 5.10 Å². The number of anilines is 1. The predicted octanol–water partition coefficient (Wildman–Crippen LogP) is 2.15. The molecule has 1 saturated carbocycles. The molecule has 1 aliphatic rings. The number of rotatable bonds is 3. The fourth-order valence-corrected chi connectivity index (χ4v) is 1.95. The number of halogens is 1. The summed E-state index contributed by atoms with van der Waals surface area (Å²) in [5.74, 6) is -0.158. The fraction of sp³-hybridized carbons (Fsp3) is 0.214. The van der Waals surface area contributed by atoms with Crippen molar-refractivity contribution in [2.45, 2.75) is 17.7 Å². The first kappa shape index (κ1) is 12.9. The minimum Gasteiger partial charge on any atom is -0.325 e. The third-order valence-electron chi connectivity index (χ3n) is 3.21. The molecule has 2 aromatic rings. The molecule has 1 fully saturated rings. The molecule has 1 aromatic carbocycles. The number of nitrogens with one attached hydrogen (secondary N) is 2. The first-order valence-corrected chi connectivity index (χ1v) is 6.61. The number of carbonyl (C=O) groups is 1. The van der Waals surface area contributed by atoms with Crippen molar-refractivity contribution in [3.63, 3.8) is 0 Å². The van der Waals surface area contributed by atoms with Crippen LogP contribution < -0.4 is 10.9 Å². The molecule has 0 atom stereocenters. The Kier molecular flexibility index (Phi) is 3.06. The lowest BCUT2D eigenvalue weighted by Crippen LogP contribution is -2.24. The van der Waals surface area contributed by atoms with E-state index in [4.69, 9.17) is 11.6 Å². The maximum Gasteiger partial charge on any atom is 0.264 e. The molecule has 0 spiro atoms. The van der Waals surface area contributed by atoms with Crippen molar-refractivity contribution in [3.8, 4) is 11.3 Å². The van der Waals surface area contributed by atoms with E-state index in [0.29, 0.717) is 11.4 Å². The Labute approximate surface area is 120 Å². The minimum absolute atomic E-state index is 0.158. The molecule has 1 aliphatic carbocycles. The van der Waals surface area contributed by atoms with Crippen molar-refractivity contribution in [3.05, 3.63) is 46.8 Å². The molecule has 6 heteroatoms. The van der Waals surface area contributed by atoms with Gasteiger partial charge in [-0.3, -0.25) is 9.59 Å². The molecule has 5 nitrogen and oxygen atoms in total. The highest BCUT2D eigenvalue weighted by Gasteiger charge is 2.48. The van der Waals surface area contributed by atoms with Crippen LogP contribution in [0, 0.1) is 0 Å². The van der Waals surface area contributed by atoms with E-state index in [1.54, 1.807) is 18.2 Å². The lowest BCUT2D eigenvalue weighted by molar-refractivity contribution is -0.116. The molecule has 0 bridgehead atoms. The third-order valence-corrected chi connectivity index (χ3v) is 3.76. The summed E-state index contributed by atoms with van der Waals surface area (Å²) in [7, 11) is 0. The maximum atomic E-state index is 11.8. The van der Waals surface area contributed by atoms with Gasteiger partial charge in [0, 0.05) is 17.3 Å². The van der Waals surface area contributed by atoms with Gasteiger partial charge >= 0.3 is 0 Å². The number of carbonyl (C=O) groups excluding carboxylic acids is 1. The summed E-state index contributed by atoms with van der Waals surface area (Å²) in [5, 5.41) is 9.11. The topological polar surface area (TPSA) is 74.8 Å². The molecule has 0 aliphatic heterocycles. The Morgan fingerprint density at radius 1 is 1.20 bits per heavy atom. The lowest BCUT2D eigenvalue weighted by Gasteiger charge is -2.09. The molecule has 2 N–H and O–H groups in total. The number of hydrogen-bond acceptors (Lipinski definition) is 3. The molecule has 1 aromatic heterocycles. The van der Waals surface area contributed by atoms with Gasteiger partial charge in [-0.1, -0.05) is 12.1 Å². The molecular formula is C14H12ClN3O2. The normalized spacial score (nSPS) is 15.7. The van der Waals surface area contributed by atoms with Gasteiger partial charge in [0.15, 0.2) is 0 Å². The fourth-order valence-electron chi connectivity index (χ4n) is 1.81. The van der Waals surface area contributed by atoms with E-state index in [9.17, 15) is 9.59 Å². The van der Waals surface area contributed by atoms with Crippen LogP contribution in [0.15, 0.2) is 41.2 Å². The summed E-state index contributed by atoms with van der Waals surface area (Å²) in [5.41, 5.74) is 1.97. The molecule has 0 radical (unpaired) electrons. The van der Waals surface area contributed by atoms with Gasteiger partial charge in [0.1, 0.15) is 4.87 Å². The van der Waals surface area contributed by atoms with Gasteiger partial charge in [-0.05, 0) is 31.0 Å². The van der Waals surface area contributed by atoms with Gasteiger partial charge in [0.25, 0.3) is 5.56 Å². The van der Waals surface area contributed by atoms with Crippen LogP contribution in [-0.2, 0) is 4.79 Å². The summed E-state index contributed by atoms with van der Waals surface area (Å²) in [6.45, 7) is 0. The van der Waals surface area contributed by atoms with Crippen LogP contribution in [0.3, 0.4) is 0 Å². The quantitative estimate of drug-likeness (QED) is 0.850. The summed E-state index contributed by atoms with van der Waals surface area (Å²) in [6, 6.07) is 10.3. The number of hydrogen-bond donors (Lipinski definition) is 2. The average molecular weight is 290 g/mol. The lowest BCUT2D eigenvalue weighted by atomic mass is 10.1. The van der Waals surface area contributed by atoms with Crippen molar-refractivity contribution in [2.24, 2.45) is 0 Å². The number of nitrogens with zero attached hydrogens (tertiary/aromatic N) is 1. The summed E-state index contributed by atoms with van der Waals surface area (Å²) >= 11 is 6.03. The van der Waals surface area contributed by atoms with Crippen molar-refractivity contribution >= 4 is 23.2 Å². The van der Waals surface area contributed by atoms with Crippen LogP contribution in [0.25, 0.3) is 11.3 Å². The van der Waals surface area contributed by atoms with Crippen molar-refractivity contribution < 1.29 is 4.79 Å². The smallest absolute Gasteiger partial charge is 0.264 e. The van der Waals surface area contributed by atoms with E-state index in [2.05, 4.69) is 15.5 Å². The van der Waals surface area contributed by atoms with Crippen molar-refractivity contribution in [1.82, 2.24) is 10.2 Å². The zero-order valence-electron chi connectivity index (χ0n) is 10.5. The summed E-state index contributed by atoms with van der Waals surface area (Å²) in [6.07, 6.45) is 1.44. The van der Waals surface area contributed by atoms with E-state index in [1.807, 2.05) is 12.1 Å². The highest BCUT2D eigenvalue weighted by Crippen LogP contribution is 2.43. The summed E-state index contributed by atoms with van der Waals surface area (Å²) in [4.78, 5) is 22.0. The second kappa shape index (κ2) is 4.76. The Morgan fingerprint density at radius 3 is 2.45 bits per heavy atom. The molecule has 0 saturated heterocycles. The highest BCUT2D eigenvalue weighted by atomic mass is 35.5. The zero-order valence-corrected chi connectivity index (χ0v) is 11.3. The molecule has 1 amide bonds. The second-order valence-electron chi connectivity index (χ2n) is 4.80. The van der Waals surface area contributed by atoms with Crippen LogP contribution in [0.5, 0.6) is 0 Å². The number of aromatic amines is 1. The van der Waals surface area contributed by atoms with Gasteiger partial charge < -0.3 is 5.32 Å². The first-order valence-electron chi connectivity index (χ1n) is 6.23. The molecule has 102 valence electrons. The largest absolute Gasteiger partial charge is 0.325 e. The Morgan fingerprint density at radius 2 is 1.90 bits per heavy atom. The molecular weight excluding hydrogens is 278 g/mol. The number of amides is 1. The van der Waals surface area contributed by atoms with Crippen molar-refractivity contribution in [2.75, 3.05) is 5.32 Å². The second-order valence-corrected chi connectivity index (χ2v) is 5.53. The zero-order chi connectivity index (χ0) is 14.2. The van der Waals surface area contributed by atoms with E-state index in [-0.39, 0.29) is 11.5 Å². The van der Waals surface area contributed by atoms with Crippen LogP contribution in [0.2, 0.25) is 0 Å². The van der Waals surface area contributed by atoms with Crippen molar-refractivity contribution in [1.29, 1.82) is 0 Å². The van der Waals surface area contributed by atoms with Gasteiger partial charge in [0.2, 0.25) is 5.91 Å². The van der Waals surface area contributed by atoms with E-state index >= 15 is 0 Å². The van der Waals surface area contributed by atoms with Gasteiger partial charge in [-0.25, -0.2) is 5.10 Å². The van der Waals surface area contributed by atoms with Crippen LogP contribution >= 0.6 is 11.6 Å². The van der Waals surface area contributed by atoms with E-state index in [1.165, 1.54) is 6.07 Å². The SMILES string of the molecule is O=C(Nc1ccc(-c2ccc(=O)[nH]n2)cc1)C1(Cl)CC1. The average Bonchev–Trinajstić information content (AvgIpc) is 3.20. The number of aromatic nitrogens is 2. The molecule has 3 rings (SSSR count). The van der Waals surface area contributed by atoms with Crippen LogP contribution in [0.4, 0.5) is 5.69 Å². The summed E-state index contributed by atoms with van der Waals surface area (Å²) < 4.78 is 0. The Bertz CT molecular complexity index is 685. The third kappa shape index (κ3) is 2.58. The predicted molar refractivity (Wildman–Crippen MR) is 76.7 cm³/mol. The van der Waals surface area contributed by atoms with E-state index < -0.39 is 4.87 Å². The van der Waals surface area contributed by atoms with Crippen LogP contribution in [-0.4, -0.2) is 21.0 Å². The molecule has 1 heterocycles.